The summed E-state index contributed by atoms with van der Waals surface area (Å²) in [6.45, 7) is 0.341. The van der Waals surface area contributed by atoms with Crippen molar-refractivity contribution in [1.29, 1.82) is 0 Å². The number of hydrogen-bond acceptors (Lipinski definition) is 4. The van der Waals surface area contributed by atoms with E-state index >= 15 is 0 Å². The van der Waals surface area contributed by atoms with E-state index in [1.807, 2.05) is 59.1 Å². The first-order valence-electron chi connectivity index (χ1n) is 9.47. The Bertz CT molecular complexity index is 1160. The second-order valence-electron chi connectivity index (χ2n) is 6.57. The molecule has 0 aliphatic carbocycles. The minimum absolute atomic E-state index is 0.293. The maximum Gasteiger partial charge on any atom is 0.326 e. The number of pyridine rings is 1. The van der Waals surface area contributed by atoms with Gasteiger partial charge in [-0.15, -0.1) is 0 Å². The lowest BCUT2D eigenvalue weighted by atomic mass is 10.2. The number of fused-ring (bicyclic) bond motifs is 1. The smallest absolute Gasteiger partial charge is 0.326 e. The lowest BCUT2D eigenvalue weighted by Crippen LogP contribution is -2.35. The van der Waals surface area contributed by atoms with E-state index in [2.05, 4.69) is 10.3 Å². The molecular formula is C23H22N4O3. The van der Waals surface area contributed by atoms with E-state index in [9.17, 15) is 4.79 Å². The van der Waals surface area contributed by atoms with E-state index in [1.54, 1.807) is 43.5 Å². The molecule has 2 aromatic heterocycles. The second-order valence-corrected chi connectivity index (χ2v) is 6.57. The summed E-state index contributed by atoms with van der Waals surface area (Å²) in [6, 6.07) is 20.4. The van der Waals surface area contributed by atoms with Crippen LogP contribution in [0, 0.1) is 0 Å². The van der Waals surface area contributed by atoms with E-state index < -0.39 is 0 Å². The number of amides is 2. The quantitative estimate of drug-likeness (QED) is 0.512. The zero-order valence-corrected chi connectivity index (χ0v) is 16.8. The van der Waals surface area contributed by atoms with Crippen LogP contribution in [0.5, 0.6) is 11.5 Å². The summed E-state index contributed by atoms with van der Waals surface area (Å²) in [6.07, 6.45) is 3.72. The van der Waals surface area contributed by atoms with E-state index in [0.29, 0.717) is 23.7 Å². The van der Waals surface area contributed by atoms with Gasteiger partial charge in [0.25, 0.3) is 0 Å². The first-order chi connectivity index (χ1) is 14.7. The lowest BCUT2D eigenvalue weighted by Gasteiger charge is -2.24. The molecule has 0 radical (unpaired) electrons. The van der Waals surface area contributed by atoms with Gasteiger partial charge in [0.2, 0.25) is 0 Å². The molecule has 7 nitrogen and oxygen atoms in total. The predicted molar refractivity (Wildman–Crippen MR) is 116 cm³/mol. The van der Waals surface area contributed by atoms with Crippen molar-refractivity contribution < 1.29 is 14.3 Å². The summed E-state index contributed by atoms with van der Waals surface area (Å²) in [5.74, 6) is 1.01. The largest absolute Gasteiger partial charge is 0.493 e. The molecule has 0 saturated heterocycles. The maximum atomic E-state index is 13.3. The molecule has 2 heterocycles. The molecule has 0 aliphatic heterocycles. The summed E-state index contributed by atoms with van der Waals surface area (Å²) in [5, 5.41) is 2.95. The van der Waals surface area contributed by atoms with Crippen molar-refractivity contribution in [2.45, 2.75) is 6.54 Å². The topological polar surface area (TPSA) is 68.1 Å². The summed E-state index contributed by atoms with van der Waals surface area (Å²) >= 11 is 0. The fourth-order valence-corrected chi connectivity index (χ4v) is 3.32. The van der Waals surface area contributed by atoms with Gasteiger partial charge >= 0.3 is 6.03 Å². The van der Waals surface area contributed by atoms with Gasteiger partial charge in [0.15, 0.2) is 11.5 Å². The number of hydrogen-bond donors (Lipinski definition) is 1. The molecule has 1 N–H and O–H groups in total. The molecule has 30 heavy (non-hydrogen) atoms. The van der Waals surface area contributed by atoms with Crippen molar-refractivity contribution in [3.8, 4) is 11.5 Å². The SMILES string of the molecule is COc1cccc(NC(=O)N(Cc2cnc3ccccn23)c2ccccc2)c1OC. The van der Waals surface area contributed by atoms with E-state index in [0.717, 1.165) is 17.0 Å². The zero-order chi connectivity index (χ0) is 20.9. The third kappa shape index (κ3) is 3.77. The first-order valence-corrected chi connectivity index (χ1v) is 9.47. The van der Waals surface area contributed by atoms with Crippen molar-refractivity contribution in [3.05, 3.63) is 84.8 Å². The molecule has 7 heteroatoms. The molecule has 4 aromatic rings. The standard InChI is InChI=1S/C23H22N4O3/c1-29-20-12-8-11-19(22(20)30-2)25-23(28)27(17-9-4-3-5-10-17)16-18-15-24-21-13-6-7-14-26(18)21/h3-15H,16H2,1-2H3,(H,25,28). The number of rotatable bonds is 6. The summed E-state index contributed by atoms with van der Waals surface area (Å²) in [5.41, 5.74) is 3.02. The van der Waals surface area contributed by atoms with Crippen LogP contribution in [0.2, 0.25) is 0 Å². The summed E-state index contributed by atoms with van der Waals surface area (Å²) < 4.78 is 12.7. The van der Waals surface area contributed by atoms with Crippen LogP contribution in [-0.4, -0.2) is 29.6 Å². The van der Waals surface area contributed by atoms with Gasteiger partial charge in [0.1, 0.15) is 5.65 Å². The molecule has 2 amide bonds. The Morgan fingerprint density at radius 1 is 1.00 bits per heavy atom. The molecule has 0 spiro atoms. The van der Waals surface area contributed by atoms with E-state index in [4.69, 9.17) is 9.47 Å². The molecule has 4 rings (SSSR count). The fourth-order valence-electron chi connectivity index (χ4n) is 3.32. The Labute approximate surface area is 174 Å². The highest BCUT2D eigenvalue weighted by Crippen LogP contribution is 2.35. The third-order valence-corrected chi connectivity index (χ3v) is 4.77. The van der Waals surface area contributed by atoms with Crippen LogP contribution in [0.4, 0.5) is 16.2 Å². The van der Waals surface area contributed by atoms with Crippen LogP contribution in [-0.2, 0) is 6.54 Å². The molecule has 0 saturated carbocycles. The monoisotopic (exact) mass is 402 g/mol. The van der Waals surface area contributed by atoms with Crippen LogP contribution >= 0.6 is 0 Å². The van der Waals surface area contributed by atoms with E-state index in [1.165, 1.54) is 0 Å². The second kappa shape index (κ2) is 8.57. The summed E-state index contributed by atoms with van der Waals surface area (Å²) in [4.78, 5) is 19.4. The normalized spacial score (nSPS) is 10.6. The number of urea groups is 1. The van der Waals surface area contributed by atoms with Gasteiger partial charge in [-0.05, 0) is 36.4 Å². The molecule has 0 unspecified atom stereocenters. The molecule has 152 valence electrons. The Hall–Kier alpha value is -4.00. The van der Waals surface area contributed by atoms with Crippen LogP contribution in [0.3, 0.4) is 0 Å². The van der Waals surface area contributed by atoms with Crippen LogP contribution in [0.15, 0.2) is 79.1 Å². The molecule has 0 atom stereocenters. The molecule has 2 aromatic carbocycles. The number of imidazole rings is 1. The van der Waals surface area contributed by atoms with Crippen molar-refractivity contribution in [3.63, 3.8) is 0 Å². The van der Waals surface area contributed by atoms with Crippen molar-refractivity contribution >= 4 is 23.1 Å². The third-order valence-electron chi connectivity index (χ3n) is 4.77. The number of benzene rings is 2. The Morgan fingerprint density at radius 2 is 1.80 bits per heavy atom. The number of anilines is 2. The highest BCUT2D eigenvalue weighted by atomic mass is 16.5. The van der Waals surface area contributed by atoms with Crippen LogP contribution in [0.25, 0.3) is 5.65 Å². The van der Waals surface area contributed by atoms with Gasteiger partial charge < -0.3 is 19.2 Å². The summed E-state index contributed by atoms with van der Waals surface area (Å²) in [7, 11) is 3.10. The Morgan fingerprint density at radius 3 is 2.57 bits per heavy atom. The lowest BCUT2D eigenvalue weighted by molar-refractivity contribution is 0.256. The number of nitrogens with one attached hydrogen (secondary N) is 1. The van der Waals surface area contributed by atoms with Crippen molar-refractivity contribution in [2.24, 2.45) is 0 Å². The van der Waals surface area contributed by atoms with Crippen molar-refractivity contribution in [2.75, 3.05) is 24.4 Å². The van der Waals surface area contributed by atoms with Crippen LogP contribution < -0.4 is 19.7 Å². The Kier molecular flexibility index (Phi) is 5.52. The number of carbonyl (C=O) groups is 1. The van der Waals surface area contributed by atoms with Gasteiger partial charge in [-0.3, -0.25) is 4.90 Å². The number of methoxy groups -OCH3 is 2. The number of nitrogens with zero attached hydrogens (tertiary/aromatic N) is 3. The van der Waals surface area contributed by atoms with Crippen molar-refractivity contribution in [1.82, 2.24) is 9.38 Å². The number of carbonyl (C=O) groups excluding carboxylic acids is 1. The van der Waals surface area contributed by atoms with Crippen LogP contribution in [0.1, 0.15) is 5.69 Å². The van der Waals surface area contributed by atoms with Gasteiger partial charge in [-0.2, -0.15) is 0 Å². The van der Waals surface area contributed by atoms with Gasteiger partial charge in [-0.25, -0.2) is 9.78 Å². The average molecular weight is 402 g/mol. The minimum atomic E-state index is -0.293. The molecule has 0 bridgehead atoms. The zero-order valence-electron chi connectivity index (χ0n) is 16.8. The maximum absolute atomic E-state index is 13.3. The Balaban J connectivity index is 1.68. The molecular weight excluding hydrogens is 380 g/mol. The minimum Gasteiger partial charge on any atom is -0.493 e. The van der Waals surface area contributed by atoms with E-state index in [-0.39, 0.29) is 6.03 Å². The number of ether oxygens (including phenoxy) is 2. The predicted octanol–water partition coefficient (Wildman–Crippen LogP) is 4.59. The average Bonchev–Trinajstić information content (AvgIpc) is 3.20. The highest BCUT2D eigenvalue weighted by molar-refractivity contribution is 6.02. The van der Waals surface area contributed by atoms with Gasteiger partial charge in [0, 0.05) is 11.9 Å². The number of aromatic nitrogens is 2. The van der Waals surface area contributed by atoms with Gasteiger partial charge in [0.05, 0.1) is 38.3 Å². The van der Waals surface area contributed by atoms with Gasteiger partial charge in [-0.1, -0.05) is 30.3 Å². The molecule has 0 fully saturated rings. The first kappa shape index (κ1) is 19.3. The number of para-hydroxylation sites is 2. The highest BCUT2D eigenvalue weighted by Gasteiger charge is 2.20. The fraction of sp³-hybridized carbons (Fsp3) is 0.130. The molecule has 0 aliphatic rings.